The van der Waals surface area contributed by atoms with Gasteiger partial charge in [-0.3, -0.25) is 4.57 Å². The zero-order valence-corrected chi connectivity index (χ0v) is 29.1. The monoisotopic (exact) mass is 727 g/mol. The van der Waals surface area contributed by atoms with Gasteiger partial charge in [0.05, 0.1) is 26.7 Å². The summed E-state index contributed by atoms with van der Waals surface area (Å²) in [5, 5.41) is 3.74. The number of benzene rings is 4. The van der Waals surface area contributed by atoms with E-state index in [9.17, 15) is 9.79 Å². The number of hydrogen-bond acceptors (Lipinski definition) is 9. The van der Waals surface area contributed by atoms with E-state index >= 15 is 4.39 Å². The highest BCUT2D eigenvalue weighted by Gasteiger charge is 2.48. The fourth-order valence-electron chi connectivity index (χ4n) is 6.40. The van der Waals surface area contributed by atoms with Crippen LogP contribution < -0.4 is 10.1 Å². The fraction of sp³-hybridized carbons (Fsp3) is 0.216. The Morgan fingerprint density at radius 2 is 1.45 bits per heavy atom. The second-order valence-electron chi connectivity index (χ2n) is 11.9. The quantitative estimate of drug-likeness (QED) is 0.0917. The molecule has 4 aromatic carbocycles. The average Bonchev–Trinajstić information content (AvgIpc) is 3.73. The van der Waals surface area contributed by atoms with Crippen molar-refractivity contribution in [1.29, 1.82) is 0 Å². The second kappa shape index (κ2) is 14.9. The number of aromatic nitrogens is 4. The standard InChI is InChI=1S/C37H35FN5O6PS/c1-46-29-19-17-25(18-20-29)21-47-33-31(38)30(22-48-50(44,45)51)49-36(33)43-24-41-32-34(39-23-40-35(32)43)42-37(26-11-5-2-6-12-26,27-13-7-3-8-14-27)28-15-9-4-10-16-28/h2-20,23-24,30-31,33,36H,21-22H2,1H3,(H,39,40,42)(H2,44,45,51)/t30-,31?,33+,36-/m1/s1. The summed E-state index contributed by atoms with van der Waals surface area (Å²) in [6.07, 6.45) is -2.25. The Morgan fingerprint density at radius 3 is 2.00 bits per heavy atom. The number of fused-ring (bicyclic) bond motifs is 1. The Morgan fingerprint density at radius 1 is 0.863 bits per heavy atom. The van der Waals surface area contributed by atoms with E-state index in [1.807, 2.05) is 66.7 Å². The van der Waals surface area contributed by atoms with Crippen molar-refractivity contribution in [3.63, 3.8) is 0 Å². The van der Waals surface area contributed by atoms with Gasteiger partial charge in [-0.2, -0.15) is 0 Å². The molecule has 1 unspecified atom stereocenters. The number of imidazole rings is 1. The SMILES string of the molecule is COc1ccc(CO[C@H]2C(F)[C@@H](COP(O)(O)=S)O[C@H]2n2cnc3c(NC(c4ccccc4)(c4ccccc4)c4ccccc4)ncnc32)cc1. The topological polar surface area (TPSA) is 133 Å². The van der Waals surface area contributed by atoms with Gasteiger partial charge in [-0.15, -0.1) is 0 Å². The predicted molar refractivity (Wildman–Crippen MR) is 193 cm³/mol. The molecule has 262 valence electrons. The average molecular weight is 728 g/mol. The Kier molecular flexibility index (Phi) is 10.2. The number of ether oxygens (including phenoxy) is 3. The lowest BCUT2D eigenvalue weighted by atomic mass is 9.77. The lowest BCUT2D eigenvalue weighted by Gasteiger charge is -2.37. The third kappa shape index (κ3) is 7.28. The summed E-state index contributed by atoms with van der Waals surface area (Å²) in [6.45, 7) is -4.51. The van der Waals surface area contributed by atoms with Crippen LogP contribution >= 0.6 is 6.72 Å². The van der Waals surface area contributed by atoms with Crippen molar-refractivity contribution in [1.82, 2.24) is 19.5 Å². The Balaban J connectivity index is 1.28. The summed E-state index contributed by atoms with van der Waals surface area (Å²) in [7, 11) is 1.57. The van der Waals surface area contributed by atoms with Crippen LogP contribution in [-0.4, -0.2) is 61.4 Å². The van der Waals surface area contributed by atoms with Crippen LogP contribution in [0, 0.1) is 0 Å². The normalized spacial score (nSPS) is 19.3. The van der Waals surface area contributed by atoms with Crippen molar-refractivity contribution < 1.29 is 32.9 Å². The van der Waals surface area contributed by atoms with E-state index in [0.29, 0.717) is 22.7 Å². The van der Waals surface area contributed by atoms with Gasteiger partial charge in [-0.25, -0.2) is 19.3 Å². The summed E-state index contributed by atoms with van der Waals surface area (Å²) in [5.41, 5.74) is 3.57. The van der Waals surface area contributed by atoms with Crippen molar-refractivity contribution in [2.75, 3.05) is 19.0 Å². The molecule has 1 aliphatic heterocycles. The second-order valence-corrected chi connectivity index (χ2v) is 14.6. The molecule has 3 N–H and O–H groups in total. The molecule has 11 nitrogen and oxygen atoms in total. The molecule has 2 aromatic heterocycles. The largest absolute Gasteiger partial charge is 0.497 e. The number of halogens is 1. The predicted octanol–water partition coefficient (Wildman–Crippen LogP) is 6.29. The molecular formula is C37H35FN5O6PS. The van der Waals surface area contributed by atoms with Crippen molar-refractivity contribution in [3.8, 4) is 5.75 Å². The highest BCUT2D eigenvalue weighted by Crippen LogP contribution is 2.43. The number of rotatable bonds is 13. The number of nitrogens with one attached hydrogen (secondary N) is 1. The van der Waals surface area contributed by atoms with Crippen LogP contribution in [0.3, 0.4) is 0 Å². The molecule has 0 saturated carbocycles. The van der Waals surface area contributed by atoms with Crippen LogP contribution in [0.25, 0.3) is 11.2 Å². The third-order valence-electron chi connectivity index (χ3n) is 8.83. The minimum atomic E-state index is -4.07. The lowest BCUT2D eigenvalue weighted by Crippen LogP contribution is -2.38. The number of hydrogen-bond donors (Lipinski definition) is 3. The van der Waals surface area contributed by atoms with Crippen LogP contribution in [-0.2, 0) is 38.0 Å². The summed E-state index contributed by atoms with van der Waals surface area (Å²) in [4.78, 5) is 33.3. The fourth-order valence-corrected chi connectivity index (χ4v) is 6.93. The van der Waals surface area contributed by atoms with E-state index in [1.54, 1.807) is 23.8 Å². The van der Waals surface area contributed by atoms with E-state index in [-0.39, 0.29) is 6.61 Å². The Hall–Kier alpha value is -4.59. The van der Waals surface area contributed by atoms with Crippen LogP contribution in [0.5, 0.6) is 5.75 Å². The highest BCUT2D eigenvalue weighted by atomic mass is 32.5. The van der Waals surface area contributed by atoms with Gasteiger partial charge in [-0.05, 0) is 46.2 Å². The number of nitrogens with zero attached hydrogens (tertiary/aromatic N) is 4. The first-order chi connectivity index (χ1) is 24.8. The van der Waals surface area contributed by atoms with Gasteiger partial charge in [-0.1, -0.05) is 103 Å². The molecule has 0 aliphatic carbocycles. The molecule has 0 radical (unpaired) electrons. The van der Waals surface area contributed by atoms with Gasteiger partial charge in [0.1, 0.15) is 29.8 Å². The molecule has 6 aromatic rings. The third-order valence-corrected chi connectivity index (χ3v) is 9.63. The van der Waals surface area contributed by atoms with Gasteiger partial charge in [0.25, 0.3) is 0 Å². The number of anilines is 1. The Bertz CT molecular complexity index is 2010. The van der Waals surface area contributed by atoms with E-state index in [1.165, 1.54) is 12.7 Å². The zero-order chi connectivity index (χ0) is 35.4. The van der Waals surface area contributed by atoms with Crippen LogP contribution in [0.2, 0.25) is 0 Å². The van der Waals surface area contributed by atoms with Gasteiger partial charge < -0.3 is 33.8 Å². The Labute approximate surface area is 298 Å². The molecular weight excluding hydrogens is 692 g/mol. The van der Waals surface area contributed by atoms with Crippen LogP contribution in [0.1, 0.15) is 28.5 Å². The zero-order valence-electron chi connectivity index (χ0n) is 27.4. The molecule has 3 heterocycles. The van der Waals surface area contributed by atoms with Gasteiger partial charge in [0.2, 0.25) is 0 Å². The van der Waals surface area contributed by atoms with E-state index in [2.05, 4.69) is 63.5 Å². The first-order valence-electron chi connectivity index (χ1n) is 16.1. The van der Waals surface area contributed by atoms with Gasteiger partial charge in [0.15, 0.2) is 29.4 Å². The summed E-state index contributed by atoms with van der Waals surface area (Å²) >= 11 is 4.60. The number of alkyl halides is 1. The summed E-state index contributed by atoms with van der Waals surface area (Å²) in [6, 6.07) is 37.4. The van der Waals surface area contributed by atoms with E-state index in [4.69, 9.17) is 23.7 Å². The maximum absolute atomic E-state index is 16.1. The molecule has 14 heteroatoms. The molecule has 0 amide bonds. The maximum Gasteiger partial charge on any atom is 0.321 e. The first-order valence-corrected chi connectivity index (χ1v) is 18.8. The molecule has 1 fully saturated rings. The van der Waals surface area contributed by atoms with Crippen molar-refractivity contribution in [3.05, 3.63) is 150 Å². The van der Waals surface area contributed by atoms with E-state index in [0.717, 1.165) is 22.3 Å². The lowest BCUT2D eigenvalue weighted by molar-refractivity contribution is -0.0732. The first kappa shape index (κ1) is 34.8. The van der Waals surface area contributed by atoms with Crippen molar-refractivity contribution in [2.24, 2.45) is 0 Å². The minimum Gasteiger partial charge on any atom is -0.497 e. The van der Waals surface area contributed by atoms with Gasteiger partial charge in [0, 0.05) is 0 Å². The highest BCUT2D eigenvalue weighted by molar-refractivity contribution is 8.06. The van der Waals surface area contributed by atoms with E-state index < -0.39 is 43.5 Å². The summed E-state index contributed by atoms with van der Waals surface area (Å²) in [5.74, 6) is 1.11. The summed E-state index contributed by atoms with van der Waals surface area (Å²) < 4.78 is 40.3. The molecule has 7 rings (SSSR count). The van der Waals surface area contributed by atoms with Crippen molar-refractivity contribution in [2.45, 2.75) is 36.8 Å². The van der Waals surface area contributed by atoms with Gasteiger partial charge >= 0.3 is 6.72 Å². The van der Waals surface area contributed by atoms with Crippen LogP contribution in [0.4, 0.5) is 10.2 Å². The maximum atomic E-state index is 16.1. The smallest absolute Gasteiger partial charge is 0.321 e. The van der Waals surface area contributed by atoms with Crippen LogP contribution in [0.15, 0.2) is 128 Å². The molecule has 0 bridgehead atoms. The molecule has 1 aliphatic rings. The molecule has 4 atom stereocenters. The van der Waals surface area contributed by atoms with Crippen molar-refractivity contribution >= 4 is 35.5 Å². The number of methoxy groups -OCH3 is 1. The molecule has 0 spiro atoms. The molecule has 1 saturated heterocycles. The minimum absolute atomic E-state index is 0.0582. The molecule has 51 heavy (non-hydrogen) atoms.